The Morgan fingerprint density at radius 1 is 1.40 bits per heavy atom. The van der Waals surface area contributed by atoms with Crippen molar-refractivity contribution in [3.8, 4) is 0 Å². The number of hydrogen-bond donors (Lipinski definition) is 4. The molecule has 0 aliphatic carbocycles. The van der Waals surface area contributed by atoms with Gasteiger partial charge >= 0.3 is 5.69 Å². The number of aromatic nitrogens is 3. The summed E-state index contributed by atoms with van der Waals surface area (Å²) in [4.78, 5) is 44.0. The molecule has 3 heterocycles. The zero-order valence-corrected chi connectivity index (χ0v) is 11.1. The summed E-state index contributed by atoms with van der Waals surface area (Å²) in [6.45, 7) is 1.60. The highest BCUT2D eigenvalue weighted by Gasteiger charge is 2.17. The van der Waals surface area contributed by atoms with Gasteiger partial charge in [0.2, 0.25) is 0 Å². The van der Waals surface area contributed by atoms with Crippen LogP contribution in [0.2, 0.25) is 0 Å². The SMILES string of the molecule is O=C(Nc1nc2c(s1)CNCC2)c1c[nH]c(=O)[nH]c1=O. The van der Waals surface area contributed by atoms with Gasteiger partial charge in [-0.15, -0.1) is 11.3 Å². The Morgan fingerprint density at radius 2 is 2.25 bits per heavy atom. The Balaban J connectivity index is 1.83. The molecule has 2 aromatic rings. The highest BCUT2D eigenvalue weighted by atomic mass is 32.1. The maximum atomic E-state index is 12.0. The fourth-order valence-corrected chi connectivity index (χ4v) is 2.89. The fourth-order valence-electron chi connectivity index (χ4n) is 1.92. The molecule has 0 bridgehead atoms. The molecule has 4 N–H and O–H groups in total. The Labute approximate surface area is 116 Å². The number of carbonyl (C=O) groups excluding carboxylic acids is 1. The molecule has 1 aliphatic rings. The molecule has 2 aromatic heterocycles. The number of aromatic amines is 2. The fraction of sp³-hybridized carbons (Fsp3) is 0.273. The van der Waals surface area contributed by atoms with E-state index in [4.69, 9.17) is 0 Å². The molecule has 0 saturated carbocycles. The smallest absolute Gasteiger partial charge is 0.313 e. The third kappa shape index (κ3) is 2.40. The molecule has 1 aliphatic heterocycles. The third-order valence-corrected chi connectivity index (χ3v) is 3.90. The summed E-state index contributed by atoms with van der Waals surface area (Å²) >= 11 is 1.38. The van der Waals surface area contributed by atoms with Crippen LogP contribution in [0, 0.1) is 0 Å². The van der Waals surface area contributed by atoms with Crippen molar-refractivity contribution in [2.24, 2.45) is 0 Å². The van der Waals surface area contributed by atoms with Crippen molar-refractivity contribution >= 4 is 22.4 Å². The molecule has 0 radical (unpaired) electrons. The van der Waals surface area contributed by atoms with Gasteiger partial charge in [-0.05, 0) is 0 Å². The van der Waals surface area contributed by atoms with Crippen molar-refractivity contribution in [1.29, 1.82) is 0 Å². The summed E-state index contributed by atoms with van der Waals surface area (Å²) in [5.41, 5.74) is -0.563. The first-order chi connectivity index (χ1) is 9.63. The number of nitrogens with zero attached hydrogens (tertiary/aromatic N) is 1. The van der Waals surface area contributed by atoms with E-state index in [0.29, 0.717) is 5.13 Å². The Morgan fingerprint density at radius 3 is 3.00 bits per heavy atom. The lowest BCUT2D eigenvalue weighted by atomic mass is 10.2. The zero-order valence-electron chi connectivity index (χ0n) is 10.3. The van der Waals surface area contributed by atoms with Gasteiger partial charge in [0, 0.05) is 30.6 Å². The summed E-state index contributed by atoms with van der Waals surface area (Å²) < 4.78 is 0. The molecular weight excluding hydrogens is 282 g/mol. The number of thiazole rings is 1. The molecule has 0 fully saturated rings. The predicted molar refractivity (Wildman–Crippen MR) is 73.2 cm³/mol. The van der Waals surface area contributed by atoms with Gasteiger partial charge in [0.05, 0.1) is 5.69 Å². The van der Waals surface area contributed by atoms with Crippen LogP contribution in [0.3, 0.4) is 0 Å². The second kappa shape index (κ2) is 5.02. The van der Waals surface area contributed by atoms with Crippen LogP contribution < -0.4 is 21.9 Å². The van der Waals surface area contributed by atoms with Crippen LogP contribution in [0.15, 0.2) is 15.8 Å². The Kier molecular flexibility index (Phi) is 3.20. The summed E-state index contributed by atoms with van der Waals surface area (Å²) in [5.74, 6) is -0.596. The molecule has 8 nitrogen and oxygen atoms in total. The molecule has 1 amide bonds. The van der Waals surface area contributed by atoms with E-state index in [2.05, 4.69) is 20.6 Å². The largest absolute Gasteiger partial charge is 0.325 e. The molecule has 0 unspecified atom stereocenters. The number of anilines is 1. The van der Waals surface area contributed by atoms with Gasteiger partial charge in [-0.2, -0.15) is 0 Å². The van der Waals surface area contributed by atoms with Gasteiger partial charge in [0.15, 0.2) is 5.13 Å². The van der Waals surface area contributed by atoms with Crippen LogP contribution in [-0.2, 0) is 13.0 Å². The van der Waals surface area contributed by atoms with Crippen LogP contribution in [0.4, 0.5) is 5.13 Å². The lowest BCUT2D eigenvalue weighted by molar-refractivity contribution is 0.102. The summed E-state index contributed by atoms with van der Waals surface area (Å²) in [6.07, 6.45) is 1.91. The maximum absolute atomic E-state index is 12.0. The second-order valence-corrected chi connectivity index (χ2v) is 5.34. The minimum absolute atomic E-state index is 0.157. The minimum atomic E-state index is -0.728. The van der Waals surface area contributed by atoms with Gasteiger partial charge in [-0.25, -0.2) is 9.78 Å². The lowest BCUT2D eigenvalue weighted by Gasteiger charge is -2.09. The molecule has 9 heteroatoms. The van der Waals surface area contributed by atoms with E-state index in [9.17, 15) is 14.4 Å². The van der Waals surface area contributed by atoms with Crippen molar-refractivity contribution in [3.63, 3.8) is 0 Å². The van der Waals surface area contributed by atoms with Crippen molar-refractivity contribution < 1.29 is 4.79 Å². The van der Waals surface area contributed by atoms with Crippen LogP contribution >= 0.6 is 11.3 Å². The molecule has 20 heavy (non-hydrogen) atoms. The minimum Gasteiger partial charge on any atom is -0.313 e. The van der Waals surface area contributed by atoms with Crippen LogP contribution in [-0.4, -0.2) is 27.4 Å². The predicted octanol–water partition coefficient (Wildman–Crippen LogP) is -0.582. The summed E-state index contributed by atoms with van der Waals surface area (Å²) in [5, 5.41) is 6.25. The highest BCUT2D eigenvalue weighted by Crippen LogP contribution is 2.25. The first-order valence-corrected chi connectivity index (χ1v) is 6.78. The number of H-pyrrole nitrogens is 2. The van der Waals surface area contributed by atoms with Gasteiger partial charge in [-0.3, -0.25) is 19.9 Å². The summed E-state index contributed by atoms with van der Waals surface area (Å²) in [6, 6.07) is 0. The molecule has 0 saturated heterocycles. The van der Waals surface area contributed by atoms with Gasteiger partial charge < -0.3 is 10.3 Å². The maximum Gasteiger partial charge on any atom is 0.325 e. The number of carbonyl (C=O) groups is 1. The van der Waals surface area contributed by atoms with E-state index in [1.165, 1.54) is 11.3 Å². The van der Waals surface area contributed by atoms with Gasteiger partial charge in [-0.1, -0.05) is 0 Å². The van der Waals surface area contributed by atoms with Crippen LogP contribution in [0.25, 0.3) is 0 Å². The van der Waals surface area contributed by atoms with E-state index in [0.717, 1.165) is 36.3 Å². The van der Waals surface area contributed by atoms with E-state index in [1.807, 2.05) is 4.98 Å². The van der Waals surface area contributed by atoms with Crippen molar-refractivity contribution in [3.05, 3.63) is 43.2 Å². The van der Waals surface area contributed by atoms with Crippen LogP contribution in [0.5, 0.6) is 0 Å². The van der Waals surface area contributed by atoms with Gasteiger partial charge in [0.1, 0.15) is 5.56 Å². The average Bonchev–Trinajstić information content (AvgIpc) is 2.80. The third-order valence-electron chi connectivity index (χ3n) is 2.89. The second-order valence-electron chi connectivity index (χ2n) is 4.26. The zero-order chi connectivity index (χ0) is 14.1. The van der Waals surface area contributed by atoms with E-state index < -0.39 is 17.2 Å². The van der Waals surface area contributed by atoms with E-state index in [1.54, 1.807) is 0 Å². The summed E-state index contributed by atoms with van der Waals surface area (Å²) in [7, 11) is 0. The standard InChI is InChI=1S/C11H11N5O3S/c17-8-5(3-13-10(19)15-8)9(18)16-11-14-6-1-2-12-4-7(6)20-11/h3,12H,1-2,4H2,(H,14,16,18)(H2,13,15,17,19). The highest BCUT2D eigenvalue weighted by molar-refractivity contribution is 7.15. The normalized spacial score (nSPS) is 13.8. The van der Waals surface area contributed by atoms with Gasteiger partial charge in [0.25, 0.3) is 11.5 Å². The monoisotopic (exact) mass is 293 g/mol. The van der Waals surface area contributed by atoms with Crippen molar-refractivity contribution in [2.45, 2.75) is 13.0 Å². The Bertz CT molecular complexity index is 751. The first-order valence-electron chi connectivity index (χ1n) is 5.96. The number of fused-ring (bicyclic) bond motifs is 1. The van der Waals surface area contributed by atoms with Crippen molar-refractivity contribution in [2.75, 3.05) is 11.9 Å². The molecule has 104 valence electrons. The molecule has 0 spiro atoms. The van der Waals surface area contributed by atoms with E-state index >= 15 is 0 Å². The number of amides is 1. The van der Waals surface area contributed by atoms with E-state index in [-0.39, 0.29) is 5.56 Å². The van der Waals surface area contributed by atoms with Crippen molar-refractivity contribution in [1.82, 2.24) is 20.3 Å². The quantitative estimate of drug-likeness (QED) is 0.590. The molecule has 0 aromatic carbocycles. The molecule has 3 rings (SSSR count). The lowest BCUT2D eigenvalue weighted by Crippen LogP contribution is -2.29. The van der Waals surface area contributed by atoms with Crippen LogP contribution in [0.1, 0.15) is 20.9 Å². The number of rotatable bonds is 2. The number of hydrogen-bond acceptors (Lipinski definition) is 6. The first kappa shape index (κ1) is 12.8. The molecular formula is C11H11N5O3S. The number of nitrogens with one attached hydrogen (secondary N) is 4. The topological polar surface area (TPSA) is 120 Å². The molecule has 0 atom stereocenters. The average molecular weight is 293 g/mol. The Hall–Kier alpha value is -2.26.